The molecule has 1 amide bonds. The Balaban J connectivity index is 1.50. The third-order valence-electron chi connectivity index (χ3n) is 3.60. The van der Waals surface area contributed by atoms with E-state index in [1.807, 2.05) is 66.0 Å². The van der Waals surface area contributed by atoms with E-state index in [-0.39, 0.29) is 11.6 Å². The average molecular weight is 347 g/mol. The van der Waals surface area contributed by atoms with Gasteiger partial charge in [-0.25, -0.2) is 4.98 Å². The van der Waals surface area contributed by atoms with Crippen LogP contribution >= 0.6 is 11.3 Å². The summed E-state index contributed by atoms with van der Waals surface area (Å²) >= 11 is 1.37. The molecule has 0 aliphatic rings. The summed E-state index contributed by atoms with van der Waals surface area (Å²) in [6.07, 6.45) is 0. The molecule has 0 saturated heterocycles. The van der Waals surface area contributed by atoms with Crippen molar-refractivity contribution in [3.63, 3.8) is 0 Å². The van der Waals surface area contributed by atoms with Gasteiger partial charge in [0.05, 0.1) is 5.69 Å². The minimum atomic E-state index is -0.347. The van der Waals surface area contributed by atoms with Gasteiger partial charge in [-0.15, -0.1) is 11.3 Å². The summed E-state index contributed by atoms with van der Waals surface area (Å²) in [5, 5.41) is 9.03. The van der Waals surface area contributed by atoms with Gasteiger partial charge in [-0.05, 0) is 0 Å². The molecule has 0 aliphatic heterocycles. The highest BCUT2D eigenvalue weighted by molar-refractivity contribution is 7.14. The summed E-state index contributed by atoms with van der Waals surface area (Å²) in [5.41, 5.74) is 2.92. The van der Waals surface area contributed by atoms with Crippen LogP contribution in [-0.4, -0.2) is 16.0 Å². The van der Waals surface area contributed by atoms with E-state index in [1.54, 1.807) is 6.07 Å². The maximum atomic E-state index is 12.3. The van der Waals surface area contributed by atoms with Crippen LogP contribution in [0.1, 0.15) is 10.5 Å². The molecule has 2 heterocycles. The quantitative estimate of drug-likeness (QED) is 0.580. The number of carbonyl (C=O) groups is 1. The van der Waals surface area contributed by atoms with Crippen molar-refractivity contribution in [2.45, 2.75) is 0 Å². The molecule has 122 valence electrons. The molecule has 4 aromatic rings. The minimum Gasteiger partial charge on any atom is -0.355 e. The number of amides is 1. The lowest BCUT2D eigenvalue weighted by Gasteiger charge is -1.97. The van der Waals surface area contributed by atoms with E-state index in [0.29, 0.717) is 10.9 Å². The fourth-order valence-electron chi connectivity index (χ4n) is 2.35. The monoisotopic (exact) mass is 347 g/mol. The Kier molecular flexibility index (Phi) is 4.10. The largest absolute Gasteiger partial charge is 0.355 e. The molecular weight excluding hydrogens is 334 g/mol. The average Bonchev–Trinajstić information content (AvgIpc) is 3.33. The van der Waals surface area contributed by atoms with Crippen LogP contribution in [0.2, 0.25) is 0 Å². The predicted octanol–water partition coefficient (Wildman–Crippen LogP) is 4.72. The van der Waals surface area contributed by atoms with Crippen LogP contribution in [-0.2, 0) is 0 Å². The van der Waals surface area contributed by atoms with E-state index >= 15 is 0 Å². The molecule has 0 spiro atoms. The highest BCUT2D eigenvalue weighted by Gasteiger charge is 2.15. The number of carbonyl (C=O) groups excluding carboxylic acids is 1. The second kappa shape index (κ2) is 6.70. The summed E-state index contributed by atoms with van der Waals surface area (Å²) in [6.45, 7) is 0. The molecule has 1 N–H and O–H groups in total. The van der Waals surface area contributed by atoms with Gasteiger partial charge in [-0.3, -0.25) is 10.1 Å². The highest BCUT2D eigenvalue weighted by Crippen LogP contribution is 2.25. The van der Waals surface area contributed by atoms with Crippen molar-refractivity contribution in [1.82, 2.24) is 10.1 Å². The first-order chi connectivity index (χ1) is 12.3. The number of hydrogen-bond acceptors (Lipinski definition) is 5. The van der Waals surface area contributed by atoms with E-state index in [9.17, 15) is 4.79 Å². The zero-order valence-corrected chi connectivity index (χ0v) is 13.9. The Labute approximate surface area is 148 Å². The van der Waals surface area contributed by atoms with Crippen LogP contribution in [0.15, 0.2) is 76.6 Å². The van der Waals surface area contributed by atoms with E-state index in [1.165, 1.54) is 11.3 Å². The number of hydrogen-bond donors (Lipinski definition) is 1. The minimum absolute atomic E-state index is 0.218. The summed E-state index contributed by atoms with van der Waals surface area (Å²) in [5.74, 6) is 0.203. The van der Waals surface area contributed by atoms with Crippen LogP contribution in [0.5, 0.6) is 0 Å². The first kappa shape index (κ1) is 15.3. The van der Waals surface area contributed by atoms with Crippen molar-refractivity contribution in [1.29, 1.82) is 0 Å². The van der Waals surface area contributed by atoms with Crippen LogP contribution < -0.4 is 5.32 Å². The van der Waals surface area contributed by atoms with Gasteiger partial charge in [0.25, 0.3) is 5.91 Å². The first-order valence-electron chi connectivity index (χ1n) is 7.64. The van der Waals surface area contributed by atoms with Crippen LogP contribution in [0.25, 0.3) is 22.6 Å². The predicted molar refractivity (Wildman–Crippen MR) is 97.4 cm³/mol. The zero-order valence-electron chi connectivity index (χ0n) is 13.0. The number of anilines is 1. The van der Waals surface area contributed by atoms with Gasteiger partial charge in [-0.1, -0.05) is 65.8 Å². The molecule has 0 aliphatic carbocycles. The van der Waals surface area contributed by atoms with Crippen molar-refractivity contribution in [2.24, 2.45) is 0 Å². The number of nitrogens with zero attached hydrogens (tertiary/aromatic N) is 2. The molecule has 2 aromatic heterocycles. The van der Waals surface area contributed by atoms with Crippen molar-refractivity contribution in [3.05, 3.63) is 77.8 Å². The van der Waals surface area contributed by atoms with Gasteiger partial charge in [0, 0.05) is 22.6 Å². The van der Waals surface area contributed by atoms with Gasteiger partial charge >= 0.3 is 0 Å². The molecule has 5 nitrogen and oxygen atoms in total. The number of benzene rings is 2. The summed E-state index contributed by atoms with van der Waals surface area (Å²) < 4.78 is 5.26. The van der Waals surface area contributed by atoms with Gasteiger partial charge in [-0.2, -0.15) is 0 Å². The molecule has 0 atom stereocenters. The van der Waals surface area contributed by atoms with E-state index < -0.39 is 0 Å². The Morgan fingerprint density at radius 2 is 1.64 bits per heavy atom. The lowest BCUT2D eigenvalue weighted by molar-refractivity contribution is 0.101. The molecule has 0 unspecified atom stereocenters. The van der Waals surface area contributed by atoms with Crippen LogP contribution in [0.4, 0.5) is 5.13 Å². The number of thiazole rings is 1. The third-order valence-corrected chi connectivity index (χ3v) is 4.35. The van der Waals surface area contributed by atoms with Gasteiger partial charge in [0.1, 0.15) is 0 Å². The maximum Gasteiger partial charge on any atom is 0.279 e. The molecule has 0 fully saturated rings. The molecule has 6 heteroatoms. The second-order valence-electron chi connectivity index (χ2n) is 5.30. The number of nitrogens with one attached hydrogen (secondary N) is 1. The third kappa shape index (κ3) is 3.34. The Morgan fingerprint density at radius 1 is 0.960 bits per heavy atom. The van der Waals surface area contributed by atoms with Crippen molar-refractivity contribution < 1.29 is 9.32 Å². The fraction of sp³-hybridized carbons (Fsp3) is 0. The van der Waals surface area contributed by atoms with E-state index in [4.69, 9.17) is 4.52 Å². The first-order valence-corrected chi connectivity index (χ1v) is 8.52. The van der Waals surface area contributed by atoms with Crippen LogP contribution in [0, 0.1) is 0 Å². The normalized spacial score (nSPS) is 10.6. The summed E-state index contributed by atoms with van der Waals surface area (Å²) in [6, 6.07) is 20.9. The Hall–Kier alpha value is -3.25. The molecular formula is C19H13N3O2S. The fourth-order valence-corrected chi connectivity index (χ4v) is 3.07. The zero-order chi connectivity index (χ0) is 17.1. The smallest absolute Gasteiger partial charge is 0.279 e. The van der Waals surface area contributed by atoms with Crippen molar-refractivity contribution in [2.75, 3.05) is 5.32 Å². The summed E-state index contributed by atoms with van der Waals surface area (Å²) in [7, 11) is 0. The molecule has 0 saturated carbocycles. The highest BCUT2D eigenvalue weighted by atomic mass is 32.1. The molecule has 25 heavy (non-hydrogen) atoms. The second-order valence-corrected chi connectivity index (χ2v) is 6.16. The van der Waals surface area contributed by atoms with Crippen molar-refractivity contribution in [3.8, 4) is 22.6 Å². The van der Waals surface area contributed by atoms with Crippen LogP contribution in [0.3, 0.4) is 0 Å². The van der Waals surface area contributed by atoms with E-state index in [0.717, 1.165) is 16.8 Å². The molecule has 0 radical (unpaired) electrons. The SMILES string of the molecule is O=C(Nc1nc(-c2ccccc2)cs1)c1cc(-c2ccccc2)on1. The van der Waals surface area contributed by atoms with Gasteiger partial charge < -0.3 is 4.52 Å². The van der Waals surface area contributed by atoms with E-state index in [2.05, 4.69) is 15.5 Å². The topological polar surface area (TPSA) is 68.0 Å². The lowest BCUT2D eigenvalue weighted by atomic mass is 10.1. The van der Waals surface area contributed by atoms with Crippen molar-refractivity contribution >= 4 is 22.4 Å². The van der Waals surface area contributed by atoms with Gasteiger partial charge in [0.15, 0.2) is 16.6 Å². The molecule has 4 rings (SSSR count). The standard InChI is InChI=1S/C19H13N3O2S/c23-18(15-11-17(24-22-15)14-9-5-2-6-10-14)21-19-20-16(12-25-19)13-7-3-1-4-8-13/h1-12H,(H,20,21,23). The lowest BCUT2D eigenvalue weighted by Crippen LogP contribution is -2.11. The molecule has 2 aromatic carbocycles. The molecule has 0 bridgehead atoms. The maximum absolute atomic E-state index is 12.3. The number of rotatable bonds is 4. The van der Waals surface area contributed by atoms with Gasteiger partial charge in [0.2, 0.25) is 0 Å². The Bertz CT molecular complexity index is 994. The number of aromatic nitrogens is 2. The summed E-state index contributed by atoms with van der Waals surface area (Å²) in [4.78, 5) is 16.8. The Morgan fingerprint density at radius 3 is 2.36 bits per heavy atom.